The largest absolute Gasteiger partial charge is 0.368 e. The van der Waals surface area contributed by atoms with Gasteiger partial charge in [-0.2, -0.15) is 0 Å². The van der Waals surface area contributed by atoms with Gasteiger partial charge in [-0.25, -0.2) is 13.2 Å². The van der Waals surface area contributed by atoms with E-state index >= 15 is 0 Å². The third kappa shape index (κ3) is 2.54. The van der Waals surface area contributed by atoms with Crippen LogP contribution < -0.4 is 10.2 Å². The minimum absolute atomic E-state index is 0.231. The van der Waals surface area contributed by atoms with Gasteiger partial charge in [0.2, 0.25) is 0 Å². The molecule has 1 aromatic carbocycles. The number of hydrogen-bond acceptors (Lipinski definition) is 2. The van der Waals surface area contributed by atoms with E-state index in [1.807, 2.05) is 18.7 Å². The molecule has 0 radical (unpaired) electrons. The van der Waals surface area contributed by atoms with Gasteiger partial charge in [0.05, 0.1) is 0 Å². The van der Waals surface area contributed by atoms with Crippen LogP contribution in [0.2, 0.25) is 0 Å². The van der Waals surface area contributed by atoms with Gasteiger partial charge in [-0.1, -0.05) is 0 Å². The first kappa shape index (κ1) is 12.2. The van der Waals surface area contributed by atoms with Crippen LogP contribution in [0.4, 0.5) is 18.9 Å². The maximum atomic E-state index is 13.1. The lowest BCUT2D eigenvalue weighted by Crippen LogP contribution is -2.54. The van der Waals surface area contributed by atoms with Gasteiger partial charge >= 0.3 is 0 Å². The molecule has 17 heavy (non-hydrogen) atoms. The van der Waals surface area contributed by atoms with Crippen LogP contribution in [0.5, 0.6) is 0 Å². The lowest BCUT2D eigenvalue weighted by atomic mass is 10.1. The van der Waals surface area contributed by atoms with Crippen LogP contribution in [-0.4, -0.2) is 25.2 Å². The summed E-state index contributed by atoms with van der Waals surface area (Å²) in [6.45, 7) is 5.29. The maximum Gasteiger partial charge on any atom is 0.194 e. The number of anilines is 1. The maximum absolute atomic E-state index is 13.1. The van der Waals surface area contributed by atoms with Crippen molar-refractivity contribution in [2.24, 2.45) is 0 Å². The molecule has 94 valence electrons. The number of benzene rings is 1. The zero-order valence-electron chi connectivity index (χ0n) is 9.80. The van der Waals surface area contributed by atoms with Crippen LogP contribution in [0, 0.1) is 17.5 Å². The van der Waals surface area contributed by atoms with Crippen LogP contribution in [-0.2, 0) is 0 Å². The van der Waals surface area contributed by atoms with Gasteiger partial charge in [0.25, 0.3) is 0 Å². The molecule has 1 heterocycles. The fourth-order valence-corrected chi connectivity index (χ4v) is 2.26. The highest BCUT2D eigenvalue weighted by Gasteiger charge is 2.23. The zero-order valence-corrected chi connectivity index (χ0v) is 9.80. The predicted octanol–water partition coefficient (Wildman–Crippen LogP) is 2.29. The number of halogens is 3. The summed E-state index contributed by atoms with van der Waals surface area (Å²) in [5, 5.41) is 3.32. The summed E-state index contributed by atoms with van der Waals surface area (Å²) < 4.78 is 39.1. The molecular weight excluding hydrogens is 229 g/mol. The van der Waals surface area contributed by atoms with Crippen LogP contribution in [0.15, 0.2) is 12.1 Å². The average Bonchev–Trinajstić information content (AvgIpc) is 2.23. The highest BCUT2D eigenvalue weighted by Crippen LogP contribution is 2.22. The molecule has 2 atom stereocenters. The van der Waals surface area contributed by atoms with Crippen molar-refractivity contribution in [3.05, 3.63) is 29.6 Å². The molecule has 1 aromatic rings. The van der Waals surface area contributed by atoms with E-state index in [-0.39, 0.29) is 12.1 Å². The molecule has 5 heteroatoms. The molecular formula is C12H15F3N2. The summed E-state index contributed by atoms with van der Waals surface area (Å²) in [5.41, 5.74) is 0.390. The predicted molar refractivity (Wildman–Crippen MR) is 60.6 cm³/mol. The van der Waals surface area contributed by atoms with E-state index in [1.165, 1.54) is 0 Å². The highest BCUT2D eigenvalue weighted by molar-refractivity contribution is 5.48. The molecule has 0 amide bonds. The third-order valence-electron chi connectivity index (χ3n) is 2.89. The van der Waals surface area contributed by atoms with E-state index in [0.717, 1.165) is 12.1 Å². The SMILES string of the molecule is C[C@@H]1CN(c2cc(F)c(F)c(F)c2)C[C@H](C)N1. The van der Waals surface area contributed by atoms with Gasteiger partial charge in [0.15, 0.2) is 17.5 Å². The summed E-state index contributed by atoms with van der Waals surface area (Å²) in [4.78, 5) is 1.86. The number of nitrogens with zero attached hydrogens (tertiary/aromatic N) is 1. The average molecular weight is 244 g/mol. The Kier molecular flexibility index (Phi) is 3.28. The quantitative estimate of drug-likeness (QED) is 0.762. The van der Waals surface area contributed by atoms with E-state index in [0.29, 0.717) is 18.8 Å². The molecule has 1 fully saturated rings. The topological polar surface area (TPSA) is 15.3 Å². The van der Waals surface area contributed by atoms with E-state index < -0.39 is 17.5 Å². The van der Waals surface area contributed by atoms with Crippen LogP contribution in [0.3, 0.4) is 0 Å². The Morgan fingerprint density at radius 1 is 1.06 bits per heavy atom. The van der Waals surface area contributed by atoms with E-state index in [1.54, 1.807) is 0 Å². The molecule has 0 saturated carbocycles. The van der Waals surface area contributed by atoms with Gasteiger partial charge in [0.1, 0.15) is 0 Å². The molecule has 1 aliphatic heterocycles. The first-order valence-corrected chi connectivity index (χ1v) is 5.63. The fourth-order valence-electron chi connectivity index (χ4n) is 2.26. The summed E-state index contributed by atoms with van der Waals surface area (Å²) in [6, 6.07) is 2.55. The Labute approximate surface area is 98.4 Å². The van der Waals surface area contributed by atoms with Gasteiger partial charge < -0.3 is 10.2 Å². The number of hydrogen-bond donors (Lipinski definition) is 1. The van der Waals surface area contributed by atoms with Crippen LogP contribution >= 0.6 is 0 Å². The molecule has 2 rings (SSSR count). The van der Waals surface area contributed by atoms with Gasteiger partial charge in [-0.05, 0) is 13.8 Å². The first-order chi connectivity index (χ1) is 7.97. The van der Waals surface area contributed by atoms with Crippen LogP contribution in [0.25, 0.3) is 0 Å². The summed E-state index contributed by atoms with van der Waals surface area (Å²) in [6.07, 6.45) is 0. The summed E-state index contributed by atoms with van der Waals surface area (Å²) >= 11 is 0. The van der Waals surface area contributed by atoms with Crippen molar-refractivity contribution >= 4 is 5.69 Å². The first-order valence-electron chi connectivity index (χ1n) is 5.63. The van der Waals surface area contributed by atoms with Crippen molar-refractivity contribution in [1.82, 2.24) is 5.32 Å². The molecule has 0 aliphatic carbocycles. The highest BCUT2D eigenvalue weighted by atomic mass is 19.2. The Morgan fingerprint density at radius 2 is 1.53 bits per heavy atom. The molecule has 0 aromatic heterocycles. The van der Waals surface area contributed by atoms with Crippen molar-refractivity contribution < 1.29 is 13.2 Å². The van der Waals surface area contributed by atoms with E-state index in [2.05, 4.69) is 5.32 Å². The monoisotopic (exact) mass is 244 g/mol. The lowest BCUT2D eigenvalue weighted by Gasteiger charge is -2.37. The normalized spacial score (nSPS) is 25.1. The van der Waals surface area contributed by atoms with Crippen molar-refractivity contribution in [2.75, 3.05) is 18.0 Å². The number of rotatable bonds is 1. The Morgan fingerprint density at radius 3 is 2.00 bits per heavy atom. The molecule has 2 nitrogen and oxygen atoms in total. The second kappa shape index (κ2) is 4.56. The minimum Gasteiger partial charge on any atom is -0.368 e. The second-order valence-corrected chi connectivity index (χ2v) is 4.60. The van der Waals surface area contributed by atoms with Crippen LogP contribution in [0.1, 0.15) is 13.8 Å². The van der Waals surface area contributed by atoms with Crippen molar-refractivity contribution in [3.63, 3.8) is 0 Å². The zero-order chi connectivity index (χ0) is 12.6. The smallest absolute Gasteiger partial charge is 0.194 e. The van der Waals surface area contributed by atoms with Gasteiger partial charge in [-0.15, -0.1) is 0 Å². The molecule has 1 N–H and O–H groups in total. The Hall–Kier alpha value is -1.23. The Bertz CT molecular complexity index is 389. The standard InChI is InChI=1S/C12H15F3N2/c1-7-5-17(6-8(2)16-7)9-3-10(13)12(15)11(14)4-9/h3-4,7-8,16H,5-6H2,1-2H3/t7-,8+. The third-order valence-corrected chi connectivity index (χ3v) is 2.89. The molecule has 1 aliphatic rings. The summed E-state index contributed by atoms with van der Waals surface area (Å²) in [7, 11) is 0. The van der Waals surface area contributed by atoms with E-state index in [9.17, 15) is 13.2 Å². The van der Waals surface area contributed by atoms with Crippen molar-refractivity contribution in [1.29, 1.82) is 0 Å². The second-order valence-electron chi connectivity index (χ2n) is 4.60. The lowest BCUT2D eigenvalue weighted by molar-refractivity contribution is 0.404. The molecule has 0 bridgehead atoms. The fraction of sp³-hybridized carbons (Fsp3) is 0.500. The van der Waals surface area contributed by atoms with E-state index in [4.69, 9.17) is 0 Å². The minimum atomic E-state index is -1.41. The van der Waals surface area contributed by atoms with Crippen molar-refractivity contribution in [3.8, 4) is 0 Å². The molecule has 0 spiro atoms. The number of nitrogens with one attached hydrogen (secondary N) is 1. The van der Waals surface area contributed by atoms with Gasteiger partial charge in [0, 0.05) is 43.0 Å². The van der Waals surface area contributed by atoms with Crippen molar-refractivity contribution in [2.45, 2.75) is 25.9 Å². The van der Waals surface area contributed by atoms with Gasteiger partial charge in [-0.3, -0.25) is 0 Å². The Balaban J connectivity index is 2.27. The summed E-state index contributed by atoms with van der Waals surface area (Å²) in [5.74, 6) is -3.69. The number of piperazine rings is 1. The molecule has 1 saturated heterocycles. The molecule has 0 unspecified atom stereocenters.